The van der Waals surface area contributed by atoms with Crippen molar-refractivity contribution in [2.75, 3.05) is 13.7 Å². The second-order valence-electron chi connectivity index (χ2n) is 4.34. The first-order valence-corrected chi connectivity index (χ1v) is 5.14. The molecule has 16 heavy (non-hydrogen) atoms. The van der Waals surface area contributed by atoms with Crippen LogP contribution >= 0.6 is 0 Å². The van der Waals surface area contributed by atoms with Crippen LogP contribution in [0, 0.1) is 11.3 Å². The maximum atomic E-state index is 9.75. The van der Waals surface area contributed by atoms with E-state index in [4.69, 9.17) is 10.00 Å². The van der Waals surface area contributed by atoms with E-state index in [9.17, 15) is 5.11 Å². The molecule has 1 aromatic rings. The fraction of sp³-hybridized carbons (Fsp3) is 0.636. The van der Waals surface area contributed by atoms with Crippen LogP contribution in [0.5, 0.6) is 0 Å². The Morgan fingerprint density at radius 3 is 2.81 bits per heavy atom. The molecule has 0 aliphatic rings. The van der Waals surface area contributed by atoms with Crippen LogP contribution in [0.1, 0.15) is 25.2 Å². The first-order chi connectivity index (χ1) is 7.46. The Morgan fingerprint density at radius 1 is 1.62 bits per heavy atom. The van der Waals surface area contributed by atoms with E-state index in [-0.39, 0.29) is 0 Å². The van der Waals surface area contributed by atoms with Crippen molar-refractivity contribution in [2.24, 2.45) is 0 Å². The van der Waals surface area contributed by atoms with Gasteiger partial charge in [-0.2, -0.15) is 10.4 Å². The lowest BCUT2D eigenvalue weighted by Crippen LogP contribution is -2.24. The molecule has 0 radical (unpaired) electrons. The molecule has 0 aliphatic carbocycles. The minimum absolute atomic E-state index is 0.371. The number of nitriles is 1. The summed E-state index contributed by atoms with van der Waals surface area (Å²) in [5.41, 5.74) is 0.411. The fourth-order valence-corrected chi connectivity index (χ4v) is 1.47. The minimum atomic E-state index is -0.808. The van der Waals surface area contributed by atoms with Crippen molar-refractivity contribution in [1.82, 2.24) is 9.78 Å². The van der Waals surface area contributed by atoms with Crippen LogP contribution in [-0.2, 0) is 17.7 Å². The van der Waals surface area contributed by atoms with Crippen molar-refractivity contribution >= 4 is 0 Å². The summed E-state index contributed by atoms with van der Waals surface area (Å²) < 4.78 is 6.68. The highest BCUT2D eigenvalue weighted by molar-refractivity contribution is 5.23. The van der Waals surface area contributed by atoms with E-state index in [1.54, 1.807) is 31.7 Å². The summed E-state index contributed by atoms with van der Waals surface area (Å²) in [6.07, 6.45) is 0.464. The van der Waals surface area contributed by atoms with Gasteiger partial charge in [-0.15, -0.1) is 0 Å². The van der Waals surface area contributed by atoms with Crippen molar-refractivity contribution in [3.63, 3.8) is 0 Å². The number of methoxy groups -OCH3 is 1. The summed E-state index contributed by atoms with van der Waals surface area (Å²) in [6.45, 7) is 4.58. The molecule has 0 bridgehead atoms. The first kappa shape index (κ1) is 12.7. The van der Waals surface area contributed by atoms with E-state index in [2.05, 4.69) is 5.10 Å². The van der Waals surface area contributed by atoms with Crippen molar-refractivity contribution in [3.05, 3.63) is 17.5 Å². The van der Waals surface area contributed by atoms with Crippen LogP contribution < -0.4 is 0 Å². The van der Waals surface area contributed by atoms with Gasteiger partial charge in [-0.1, -0.05) is 0 Å². The minimum Gasteiger partial charge on any atom is -0.390 e. The predicted octanol–water partition coefficient (Wildman–Crippen LogP) is 0.715. The second-order valence-corrected chi connectivity index (χ2v) is 4.34. The van der Waals surface area contributed by atoms with Crippen molar-refractivity contribution in [1.29, 1.82) is 5.26 Å². The molecule has 1 aromatic heterocycles. The van der Waals surface area contributed by atoms with Crippen LogP contribution in [0.3, 0.4) is 0 Å². The summed E-state index contributed by atoms with van der Waals surface area (Å²) in [5.74, 6) is 0. The molecule has 0 saturated heterocycles. The SMILES string of the molecule is COCCn1nc(C#N)cc1CC(C)(C)O. The molecule has 1 heterocycles. The number of ether oxygens (including phenoxy) is 1. The highest BCUT2D eigenvalue weighted by Gasteiger charge is 2.18. The summed E-state index contributed by atoms with van der Waals surface area (Å²) in [4.78, 5) is 0. The standard InChI is InChI=1S/C11H17N3O2/c1-11(2,15)7-10-6-9(8-12)13-14(10)4-5-16-3/h6,15H,4-5,7H2,1-3H3. The molecule has 0 saturated carbocycles. The number of hydrogen-bond donors (Lipinski definition) is 1. The predicted molar refractivity (Wildman–Crippen MR) is 58.8 cm³/mol. The Bertz CT molecular complexity index is 385. The van der Waals surface area contributed by atoms with E-state index < -0.39 is 5.60 Å². The lowest BCUT2D eigenvalue weighted by molar-refractivity contribution is 0.0779. The third-order valence-electron chi connectivity index (χ3n) is 2.10. The Kier molecular flexibility index (Phi) is 4.05. The molecule has 0 spiro atoms. The molecular formula is C11H17N3O2. The zero-order valence-corrected chi connectivity index (χ0v) is 9.90. The largest absolute Gasteiger partial charge is 0.390 e. The number of nitrogens with zero attached hydrogens (tertiary/aromatic N) is 3. The van der Waals surface area contributed by atoms with Gasteiger partial charge >= 0.3 is 0 Å². The molecule has 5 nitrogen and oxygen atoms in total. The van der Waals surface area contributed by atoms with E-state index >= 15 is 0 Å². The third kappa shape index (κ3) is 3.65. The molecule has 0 aromatic carbocycles. The van der Waals surface area contributed by atoms with Crippen LogP contribution in [0.4, 0.5) is 0 Å². The average Bonchev–Trinajstić information content (AvgIpc) is 2.55. The van der Waals surface area contributed by atoms with Gasteiger partial charge in [0.05, 0.1) is 18.8 Å². The lowest BCUT2D eigenvalue weighted by Gasteiger charge is -2.17. The van der Waals surface area contributed by atoms with Crippen molar-refractivity contribution in [2.45, 2.75) is 32.4 Å². The van der Waals surface area contributed by atoms with Gasteiger partial charge < -0.3 is 9.84 Å². The molecular weight excluding hydrogens is 206 g/mol. The molecule has 1 rings (SSSR count). The molecule has 0 atom stereocenters. The van der Waals surface area contributed by atoms with E-state index in [1.165, 1.54) is 0 Å². The summed E-state index contributed by atoms with van der Waals surface area (Å²) in [7, 11) is 1.62. The highest BCUT2D eigenvalue weighted by atomic mass is 16.5. The molecule has 0 fully saturated rings. The number of rotatable bonds is 5. The van der Waals surface area contributed by atoms with Crippen molar-refractivity contribution < 1.29 is 9.84 Å². The maximum Gasteiger partial charge on any atom is 0.162 e. The second kappa shape index (κ2) is 5.10. The Hall–Kier alpha value is -1.38. The first-order valence-electron chi connectivity index (χ1n) is 5.14. The Balaban J connectivity index is 2.88. The van der Waals surface area contributed by atoms with Crippen LogP contribution in [0.25, 0.3) is 0 Å². The molecule has 0 amide bonds. The van der Waals surface area contributed by atoms with Gasteiger partial charge in [0.15, 0.2) is 5.69 Å². The smallest absolute Gasteiger partial charge is 0.162 e. The van der Waals surface area contributed by atoms with Gasteiger partial charge in [0.25, 0.3) is 0 Å². The summed E-state index contributed by atoms with van der Waals surface area (Å²) in [6, 6.07) is 3.70. The molecule has 88 valence electrons. The average molecular weight is 223 g/mol. The monoisotopic (exact) mass is 223 g/mol. The lowest BCUT2D eigenvalue weighted by atomic mass is 10.0. The molecule has 1 N–H and O–H groups in total. The van der Waals surface area contributed by atoms with Crippen molar-refractivity contribution in [3.8, 4) is 6.07 Å². The fourth-order valence-electron chi connectivity index (χ4n) is 1.47. The zero-order chi connectivity index (χ0) is 12.2. The highest BCUT2D eigenvalue weighted by Crippen LogP contribution is 2.13. The van der Waals surface area contributed by atoms with E-state index in [0.29, 0.717) is 25.3 Å². The van der Waals surface area contributed by atoms with E-state index in [1.807, 2.05) is 6.07 Å². The Labute approximate surface area is 95.3 Å². The number of aromatic nitrogens is 2. The quantitative estimate of drug-likeness (QED) is 0.798. The number of hydrogen-bond acceptors (Lipinski definition) is 4. The molecule has 5 heteroatoms. The Morgan fingerprint density at radius 2 is 2.31 bits per heavy atom. The van der Waals surface area contributed by atoms with Gasteiger partial charge in [0, 0.05) is 19.2 Å². The zero-order valence-electron chi connectivity index (χ0n) is 9.90. The van der Waals surface area contributed by atoms with Crippen LogP contribution in [-0.4, -0.2) is 34.2 Å². The van der Waals surface area contributed by atoms with Gasteiger partial charge in [-0.25, -0.2) is 0 Å². The maximum absolute atomic E-state index is 9.75. The third-order valence-corrected chi connectivity index (χ3v) is 2.10. The summed E-state index contributed by atoms with van der Waals surface area (Å²) in [5, 5.41) is 22.6. The van der Waals surface area contributed by atoms with Crippen LogP contribution in [0.15, 0.2) is 6.07 Å². The molecule has 0 aliphatic heterocycles. The van der Waals surface area contributed by atoms with Gasteiger partial charge in [-0.3, -0.25) is 4.68 Å². The number of aliphatic hydroxyl groups is 1. The normalized spacial score (nSPS) is 11.4. The van der Waals surface area contributed by atoms with Gasteiger partial charge in [-0.05, 0) is 19.9 Å². The topological polar surface area (TPSA) is 71.1 Å². The van der Waals surface area contributed by atoms with Gasteiger partial charge in [0.2, 0.25) is 0 Å². The van der Waals surface area contributed by atoms with Gasteiger partial charge in [0.1, 0.15) is 6.07 Å². The van der Waals surface area contributed by atoms with E-state index in [0.717, 1.165) is 5.69 Å². The summed E-state index contributed by atoms with van der Waals surface area (Å²) >= 11 is 0. The molecule has 0 unspecified atom stereocenters. The van der Waals surface area contributed by atoms with Crippen LogP contribution in [0.2, 0.25) is 0 Å².